The number of rotatable bonds is 4. The van der Waals surface area contributed by atoms with Gasteiger partial charge in [0.1, 0.15) is 0 Å². The van der Waals surface area contributed by atoms with Crippen LogP contribution in [0.15, 0.2) is 24.3 Å². The van der Waals surface area contributed by atoms with E-state index in [2.05, 4.69) is 5.32 Å². The number of hydrogen-bond acceptors (Lipinski definition) is 4. The van der Waals surface area contributed by atoms with E-state index in [4.69, 9.17) is 9.47 Å². The van der Waals surface area contributed by atoms with Gasteiger partial charge in [0.25, 0.3) is 5.91 Å². The Labute approximate surface area is 147 Å². The zero-order valence-electron chi connectivity index (χ0n) is 14.3. The Kier molecular flexibility index (Phi) is 4.72. The van der Waals surface area contributed by atoms with Crippen molar-refractivity contribution >= 4 is 17.5 Å². The molecular weight excluding hydrogens is 320 g/mol. The number of likely N-dealkylation sites (tertiary alicyclic amines) is 1. The van der Waals surface area contributed by atoms with Crippen LogP contribution in [0.3, 0.4) is 0 Å². The Hall–Kier alpha value is -1.92. The fourth-order valence-corrected chi connectivity index (χ4v) is 3.53. The Balaban J connectivity index is 1.37. The molecular formula is C19H24N2O4. The van der Waals surface area contributed by atoms with Gasteiger partial charge in [-0.25, -0.2) is 0 Å². The molecule has 6 heteroatoms. The molecule has 0 radical (unpaired) electrons. The van der Waals surface area contributed by atoms with E-state index in [-0.39, 0.29) is 29.9 Å². The molecule has 2 saturated heterocycles. The lowest BCUT2D eigenvalue weighted by atomic mass is 9.96. The van der Waals surface area contributed by atoms with Gasteiger partial charge in [0.05, 0.1) is 13.2 Å². The van der Waals surface area contributed by atoms with Crippen molar-refractivity contribution in [1.82, 2.24) is 4.90 Å². The molecule has 1 saturated carbocycles. The van der Waals surface area contributed by atoms with Crippen LogP contribution >= 0.6 is 0 Å². The predicted octanol–water partition coefficient (Wildman–Crippen LogP) is 2.26. The SMILES string of the molecule is O=C(Nc1ccc(C(=O)N2CCCC(C3OCCO3)C2)cc1)C1CC1. The summed E-state index contributed by atoms with van der Waals surface area (Å²) in [5.74, 6) is 0.529. The number of carbonyl (C=O) groups excluding carboxylic acids is 2. The van der Waals surface area contributed by atoms with Crippen LogP contribution in [0, 0.1) is 11.8 Å². The summed E-state index contributed by atoms with van der Waals surface area (Å²) in [4.78, 5) is 26.4. The lowest BCUT2D eigenvalue weighted by Crippen LogP contribution is -2.43. The largest absolute Gasteiger partial charge is 0.350 e. The number of amides is 2. The van der Waals surface area contributed by atoms with Crippen molar-refractivity contribution in [2.24, 2.45) is 11.8 Å². The third kappa shape index (κ3) is 3.85. The van der Waals surface area contributed by atoms with Crippen molar-refractivity contribution in [3.05, 3.63) is 29.8 Å². The number of nitrogens with one attached hydrogen (secondary N) is 1. The number of benzene rings is 1. The molecule has 134 valence electrons. The van der Waals surface area contributed by atoms with E-state index in [0.717, 1.165) is 37.9 Å². The molecule has 3 aliphatic rings. The first-order valence-electron chi connectivity index (χ1n) is 9.14. The Morgan fingerprint density at radius 2 is 1.76 bits per heavy atom. The first-order valence-corrected chi connectivity index (χ1v) is 9.14. The van der Waals surface area contributed by atoms with Crippen LogP contribution in [-0.2, 0) is 14.3 Å². The molecule has 1 atom stereocenters. The summed E-state index contributed by atoms with van der Waals surface area (Å²) in [6.45, 7) is 2.72. The summed E-state index contributed by atoms with van der Waals surface area (Å²) in [6, 6.07) is 7.18. The van der Waals surface area contributed by atoms with Gasteiger partial charge in [-0.15, -0.1) is 0 Å². The Morgan fingerprint density at radius 1 is 1.04 bits per heavy atom. The number of hydrogen-bond donors (Lipinski definition) is 1. The molecule has 1 N–H and O–H groups in total. The van der Waals surface area contributed by atoms with Crippen molar-refractivity contribution in [1.29, 1.82) is 0 Å². The highest BCUT2D eigenvalue weighted by Crippen LogP contribution is 2.30. The van der Waals surface area contributed by atoms with Crippen LogP contribution < -0.4 is 5.32 Å². The highest BCUT2D eigenvalue weighted by Gasteiger charge is 2.33. The average Bonchev–Trinajstić information content (AvgIpc) is 3.36. The molecule has 0 bridgehead atoms. The second-order valence-electron chi connectivity index (χ2n) is 7.10. The topological polar surface area (TPSA) is 67.9 Å². The zero-order valence-corrected chi connectivity index (χ0v) is 14.3. The van der Waals surface area contributed by atoms with Gasteiger partial charge in [0.15, 0.2) is 6.29 Å². The maximum absolute atomic E-state index is 12.8. The summed E-state index contributed by atoms with van der Waals surface area (Å²) >= 11 is 0. The van der Waals surface area contributed by atoms with Gasteiger partial charge in [-0.2, -0.15) is 0 Å². The summed E-state index contributed by atoms with van der Waals surface area (Å²) in [7, 11) is 0. The fraction of sp³-hybridized carbons (Fsp3) is 0.579. The number of anilines is 1. The highest BCUT2D eigenvalue weighted by atomic mass is 16.7. The van der Waals surface area contributed by atoms with Crippen molar-refractivity contribution in [3.63, 3.8) is 0 Å². The lowest BCUT2D eigenvalue weighted by Gasteiger charge is -2.34. The van der Waals surface area contributed by atoms with Gasteiger partial charge in [-0.1, -0.05) is 0 Å². The van der Waals surface area contributed by atoms with Crippen molar-refractivity contribution in [2.45, 2.75) is 32.0 Å². The van der Waals surface area contributed by atoms with E-state index >= 15 is 0 Å². The minimum absolute atomic E-state index is 0.0303. The van der Waals surface area contributed by atoms with Gasteiger partial charge in [0.2, 0.25) is 5.91 Å². The second kappa shape index (κ2) is 7.14. The van der Waals surface area contributed by atoms with Gasteiger partial charge in [-0.3, -0.25) is 9.59 Å². The van der Waals surface area contributed by atoms with E-state index in [0.29, 0.717) is 25.3 Å². The van der Waals surface area contributed by atoms with Crippen molar-refractivity contribution in [3.8, 4) is 0 Å². The van der Waals surface area contributed by atoms with Crippen LogP contribution in [0.25, 0.3) is 0 Å². The Morgan fingerprint density at radius 3 is 2.44 bits per heavy atom. The summed E-state index contributed by atoms with van der Waals surface area (Å²) < 4.78 is 11.2. The molecule has 3 fully saturated rings. The molecule has 2 amide bonds. The number of ether oxygens (including phenoxy) is 2. The normalized spacial score (nSPS) is 24.3. The summed E-state index contributed by atoms with van der Waals surface area (Å²) in [5, 5.41) is 2.90. The molecule has 4 rings (SSSR count). The van der Waals surface area contributed by atoms with Crippen molar-refractivity contribution in [2.75, 3.05) is 31.6 Å². The maximum Gasteiger partial charge on any atom is 0.253 e. The first-order chi connectivity index (χ1) is 12.2. The van der Waals surface area contributed by atoms with Gasteiger partial charge >= 0.3 is 0 Å². The van der Waals surface area contributed by atoms with Gasteiger partial charge in [-0.05, 0) is 49.9 Å². The van der Waals surface area contributed by atoms with Gasteiger partial charge in [0, 0.05) is 36.2 Å². The van der Waals surface area contributed by atoms with E-state index in [1.54, 1.807) is 24.3 Å². The van der Waals surface area contributed by atoms with E-state index < -0.39 is 0 Å². The molecule has 6 nitrogen and oxygen atoms in total. The molecule has 25 heavy (non-hydrogen) atoms. The Bertz CT molecular complexity index is 635. The molecule has 2 heterocycles. The number of nitrogens with zero attached hydrogens (tertiary/aromatic N) is 1. The molecule has 0 spiro atoms. The summed E-state index contributed by atoms with van der Waals surface area (Å²) in [6.07, 6.45) is 3.78. The third-order valence-electron chi connectivity index (χ3n) is 5.13. The molecule has 1 unspecified atom stereocenters. The highest BCUT2D eigenvalue weighted by molar-refractivity contribution is 5.96. The molecule has 1 aromatic carbocycles. The standard InChI is InChI=1S/C19H24N2O4/c22-17(13-3-4-13)20-16-7-5-14(6-8-16)18(23)21-9-1-2-15(12-21)19-24-10-11-25-19/h5-8,13,15,19H,1-4,9-12H2,(H,20,22). The number of piperidine rings is 1. The zero-order chi connectivity index (χ0) is 17.2. The monoisotopic (exact) mass is 344 g/mol. The number of carbonyl (C=O) groups is 2. The molecule has 0 aromatic heterocycles. The predicted molar refractivity (Wildman–Crippen MR) is 92.1 cm³/mol. The minimum Gasteiger partial charge on any atom is -0.350 e. The van der Waals surface area contributed by atoms with Crippen LogP contribution in [0.4, 0.5) is 5.69 Å². The van der Waals surface area contributed by atoms with Crippen molar-refractivity contribution < 1.29 is 19.1 Å². The third-order valence-corrected chi connectivity index (χ3v) is 5.13. The second-order valence-corrected chi connectivity index (χ2v) is 7.10. The van der Waals surface area contributed by atoms with E-state index in [1.807, 2.05) is 4.90 Å². The average molecular weight is 344 g/mol. The molecule has 2 aliphatic heterocycles. The smallest absolute Gasteiger partial charge is 0.253 e. The first kappa shape index (κ1) is 16.5. The maximum atomic E-state index is 12.8. The lowest BCUT2D eigenvalue weighted by molar-refractivity contribution is -0.117. The quantitative estimate of drug-likeness (QED) is 0.910. The minimum atomic E-state index is -0.171. The summed E-state index contributed by atoms with van der Waals surface area (Å²) in [5.41, 5.74) is 1.40. The van der Waals surface area contributed by atoms with Gasteiger partial charge < -0.3 is 19.7 Å². The molecule has 1 aliphatic carbocycles. The van der Waals surface area contributed by atoms with Crippen LogP contribution in [-0.4, -0.2) is 49.3 Å². The van der Waals surface area contributed by atoms with E-state index in [9.17, 15) is 9.59 Å². The van der Waals surface area contributed by atoms with Crippen LogP contribution in [0.1, 0.15) is 36.0 Å². The van der Waals surface area contributed by atoms with Crippen LogP contribution in [0.2, 0.25) is 0 Å². The fourth-order valence-electron chi connectivity index (χ4n) is 3.53. The van der Waals surface area contributed by atoms with E-state index in [1.165, 1.54) is 0 Å². The molecule has 1 aromatic rings. The van der Waals surface area contributed by atoms with Crippen LogP contribution in [0.5, 0.6) is 0 Å².